The van der Waals surface area contributed by atoms with E-state index in [1.54, 1.807) is 0 Å². The molecule has 1 aliphatic heterocycles. The van der Waals surface area contributed by atoms with Crippen LogP contribution in [0.15, 0.2) is 38.7 Å². The number of H-pyrrole nitrogens is 1. The van der Waals surface area contributed by atoms with Crippen molar-refractivity contribution in [2.45, 2.75) is 35.4 Å². The topological polar surface area (TPSA) is 160 Å². The summed E-state index contributed by atoms with van der Waals surface area (Å²) in [5.74, 6) is 0.394. The molecular formula is C17H18BrN5O5S. The second-order valence-electron chi connectivity index (χ2n) is 6.50. The number of thioether (sulfide) groups is 1. The number of nitrogen functional groups attached to an aromatic ring is 1. The van der Waals surface area contributed by atoms with E-state index in [4.69, 9.17) is 10.5 Å². The predicted octanol–water partition coefficient (Wildman–Crippen LogP) is 0.368. The molecule has 0 unspecified atom stereocenters. The lowest BCUT2D eigenvalue weighted by Crippen LogP contribution is -2.33. The van der Waals surface area contributed by atoms with Crippen LogP contribution >= 0.6 is 27.7 Å². The zero-order valence-electron chi connectivity index (χ0n) is 14.9. The number of aliphatic hydroxyl groups excluding tert-OH is 3. The summed E-state index contributed by atoms with van der Waals surface area (Å²) in [7, 11) is 0. The van der Waals surface area contributed by atoms with E-state index in [9.17, 15) is 20.1 Å². The zero-order valence-corrected chi connectivity index (χ0v) is 17.3. The highest BCUT2D eigenvalue weighted by molar-refractivity contribution is 9.10. The van der Waals surface area contributed by atoms with Gasteiger partial charge in [-0.3, -0.25) is 14.3 Å². The third kappa shape index (κ3) is 3.67. The van der Waals surface area contributed by atoms with Crippen LogP contribution in [-0.2, 0) is 10.5 Å². The van der Waals surface area contributed by atoms with Crippen LogP contribution in [0.5, 0.6) is 0 Å². The van der Waals surface area contributed by atoms with E-state index in [0.717, 1.165) is 10.0 Å². The number of imidazole rings is 1. The number of halogens is 1. The van der Waals surface area contributed by atoms with Gasteiger partial charge in [0.1, 0.15) is 18.3 Å². The largest absolute Gasteiger partial charge is 0.394 e. The molecule has 1 aromatic carbocycles. The number of nitrogens with one attached hydrogen (secondary N) is 1. The van der Waals surface area contributed by atoms with Crippen molar-refractivity contribution in [3.05, 3.63) is 44.7 Å². The second-order valence-corrected chi connectivity index (χ2v) is 8.29. The Kier molecular flexibility index (Phi) is 5.64. The van der Waals surface area contributed by atoms with Crippen LogP contribution in [-0.4, -0.2) is 59.8 Å². The summed E-state index contributed by atoms with van der Waals surface area (Å²) in [6.45, 7) is -0.475. The van der Waals surface area contributed by atoms with Crippen LogP contribution in [0.25, 0.3) is 11.2 Å². The van der Waals surface area contributed by atoms with Crippen LogP contribution < -0.4 is 11.3 Å². The first-order chi connectivity index (χ1) is 13.9. The first kappa shape index (κ1) is 20.3. The van der Waals surface area contributed by atoms with E-state index in [0.29, 0.717) is 10.9 Å². The number of ether oxygens (including phenoxy) is 1. The molecule has 1 saturated heterocycles. The Morgan fingerprint density at radius 1 is 1.28 bits per heavy atom. The zero-order chi connectivity index (χ0) is 20.7. The molecule has 0 amide bonds. The Labute approximate surface area is 176 Å². The molecule has 0 bridgehead atoms. The van der Waals surface area contributed by atoms with Crippen molar-refractivity contribution in [1.29, 1.82) is 0 Å². The van der Waals surface area contributed by atoms with E-state index < -0.39 is 36.7 Å². The fourth-order valence-corrected chi connectivity index (χ4v) is 4.80. The molecule has 4 rings (SSSR count). The average molecular weight is 484 g/mol. The summed E-state index contributed by atoms with van der Waals surface area (Å²) >= 11 is 4.80. The predicted molar refractivity (Wildman–Crippen MR) is 109 cm³/mol. The van der Waals surface area contributed by atoms with Crippen LogP contribution in [0, 0.1) is 0 Å². The molecule has 0 aliphatic carbocycles. The van der Waals surface area contributed by atoms with Crippen molar-refractivity contribution in [2.24, 2.45) is 0 Å². The van der Waals surface area contributed by atoms with Gasteiger partial charge in [-0.25, -0.2) is 4.98 Å². The highest BCUT2D eigenvalue weighted by Crippen LogP contribution is 2.36. The first-order valence-corrected chi connectivity index (χ1v) is 10.4. The first-order valence-electron chi connectivity index (χ1n) is 8.67. The minimum absolute atomic E-state index is 0.0339. The van der Waals surface area contributed by atoms with Crippen molar-refractivity contribution in [3.8, 4) is 0 Å². The van der Waals surface area contributed by atoms with Crippen LogP contribution in [0.3, 0.4) is 0 Å². The number of hydrogen-bond acceptors (Lipinski definition) is 9. The number of rotatable bonds is 5. The van der Waals surface area contributed by atoms with Gasteiger partial charge in [0.2, 0.25) is 5.95 Å². The molecule has 4 atom stereocenters. The molecule has 2 aromatic heterocycles. The summed E-state index contributed by atoms with van der Waals surface area (Å²) in [6, 6.07) is 7.67. The van der Waals surface area contributed by atoms with E-state index in [1.165, 1.54) is 16.3 Å². The second kappa shape index (κ2) is 8.05. The Bertz CT molecular complexity index is 1110. The molecule has 0 saturated carbocycles. The van der Waals surface area contributed by atoms with Gasteiger partial charge in [-0.15, -0.1) is 0 Å². The van der Waals surface area contributed by atoms with Gasteiger partial charge in [0, 0.05) is 10.2 Å². The number of aliphatic hydroxyl groups is 3. The lowest BCUT2D eigenvalue weighted by atomic mass is 10.1. The van der Waals surface area contributed by atoms with Crippen molar-refractivity contribution >= 4 is 44.8 Å². The Balaban J connectivity index is 1.79. The molecule has 154 valence electrons. The van der Waals surface area contributed by atoms with Gasteiger partial charge < -0.3 is 25.8 Å². The molecule has 1 aliphatic rings. The Morgan fingerprint density at radius 2 is 2.03 bits per heavy atom. The van der Waals surface area contributed by atoms with Crippen molar-refractivity contribution in [1.82, 2.24) is 19.5 Å². The average Bonchev–Trinajstić information content (AvgIpc) is 3.19. The minimum atomic E-state index is -1.35. The summed E-state index contributed by atoms with van der Waals surface area (Å²) < 4.78 is 8.00. The SMILES string of the molecule is Nc1nc2c(nc(SCc3ccccc3Br)n2[C@@H]2O[C@H](CO)[C@@H](O)[C@H]2O)c(=O)[nH]1. The maximum Gasteiger partial charge on any atom is 0.280 e. The van der Waals surface area contributed by atoms with Gasteiger partial charge in [-0.05, 0) is 11.6 Å². The lowest BCUT2D eigenvalue weighted by molar-refractivity contribution is -0.0548. The van der Waals surface area contributed by atoms with Gasteiger partial charge in [0.05, 0.1) is 6.61 Å². The van der Waals surface area contributed by atoms with Gasteiger partial charge in [0.15, 0.2) is 22.5 Å². The molecule has 3 aromatic rings. The normalized spacial score (nSPS) is 24.4. The summed E-state index contributed by atoms with van der Waals surface area (Å²) in [6.07, 6.45) is -4.73. The fraction of sp³-hybridized carbons (Fsp3) is 0.353. The Hall–Kier alpha value is -1.96. The number of nitrogens with two attached hydrogens (primary N) is 1. The number of aromatic amines is 1. The molecule has 12 heteroatoms. The molecular weight excluding hydrogens is 466 g/mol. The Morgan fingerprint density at radius 3 is 2.72 bits per heavy atom. The van der Waals surface area contributed by atoms with Gasteiger partial charge >= 0.3 is 0 Å². The standard InChI is InChI=1S/C17H18BrN5O5S/c18-8-4-2-1-3-7(8)6-29-17-20-10-13(21-16(19)22-14(10)27)23(17)15-12(26)11(25)9(5-24)28-15/h1-4,9,11-12,15,24-26H,5-6H2,(H3,19,21,22,27)/t9-,11-,12-,15-/m1/s1. The van der Waals surface area contributed by atoms with Crippen molar-refractivity contribution in [2.75, 3.05) is 12.3 Å². The molecule has 1 fully saturated rings. The third-order valence-corrected chi connectivity index (χ3v) is 6.40. The summed E-state index contributed by atoms with van der Waals surface area (Å²) in [4.78, 5) is 23.2. The van der Waals surface area contributed by atoms with E-state index in [-0.39, 0.29) is 17.1 Å². The molecule has 29 heavy (non-hydrogen) atoms. The van der Waals surface area contributed by atoms with Crippen LogP contribution in [0.1, 0.15) is 11.8 Å². The maximum atomic E-state index is 12.3. The summed E-state index contributed by atoms with van der Waals surface area (Å²) in [5.41, 5.74) is 6.31. The van der Waals surface area contributed by atoms with Gasteiger partial charge in [0.25, 0.3) is 5.56 Å². The van der Waals surface area contributed by atoms with E-state index >= 15 is 0 Å². The van der Waals surface area contributed by atoms with Crippen molar-refractivity contribution in [3.63, 3.8) is 0 Å². The number of anilines is 1. The number of fused-ring (bicyclic) bond motifs is 1. The van der Waals surface area contributed by atoms with Gasteiger partial charge in [-0.2, -0.15) is 4.98 Å². The van der Waals surface area contributed by atoms with Crippen LogP contribution in [0.4, 0.5) is 5.95 Å². The smallest absolute Gasteiger partial charge is 0.280 e. The monoisotopic (exact) mass is 483 g/mol. The lowest BCUT2D eigenvalue weighted by Gasteiger charge is -2.19. The number of benzene rings is 1. The fourth-order valence-electron chi connectivity index (χ4n) is 3.16. The molecule has 0 radical (unpaired) electrons. The minimum Gasteiger partial charge on any atom is -0.394 e. The quantitative estimate of drug-likeness (QED) is 0.323. The highest BCUT2D eigenvalue weighted by Gasteiger charge is 2.45. The summed E-state index contributed by atoms with van der Waals surface area (Å²) in [5, 5.41) is 30.4. The number of nitrogens with zero attached hydrogens (tertiary/aromatic N) is 3. The number of hydrogen-bond donors (Lipinski definition) is 5. The van der Waals surface area contributed by atoms with E-state index in [2.05, 4.69) is 30.9 Å². The molecule has 0 spiro atoms. The van der Waals surface area contributed by atoms with Crippen molar-refractivity contribution < 1.29 is 20.1 Å². The van der Waals surface area contributed by atoms with Gasteiger partial charge in [-0.1, -0.05) is 45.9 Å². The van der Waals surface area contributed by atoms with Crippen LogP contribution in [0.2, 0.25) is 0 Å². The highest BCUT2D eigenvalue weighted by atomic mass is 79.9. The maximum absolute atomic E-state index is 12.3. The molecule has 10 nitrogen and oxygen atoms in total. The third-order valence-electron chi connectivity index (χ3n) is 4.62. The van der Waals surface area contributed by atoms with E-state index in [1.807, 2.05) is 24.3 Å². The molecule has 6 N–H and O–H groups in total. The molecule has 3 heterocycles. The number of aromatic nitrogens is 4.